The van der Waals surface area contributed by atoms with E-state index in [4.69, 9.17) is 61.6 Å². The number of allylic oxidation sites excluding steroid dienone is 2. The first kappa shape index (κ1) is 81.4. The van der Waals surface area contributed by atoms with Crippen LogP contribution in [0.3, 0.4) is 0 Å². The summed E-state index contributed by atoms with van der Waals surface area (Å²) in [7, 11) is 1.21. The second-order valence-electron chi connectivity index (χ2n) is 25.3. The number of hydrogen-bond donors (Lipinski definition) is 18. The minimum Gasteiger partial charge on any atom is -0.494 e. The molecular weight excluding hydrogens is 1320 g/mol. The average molecular weight is 1420 g/mol. The van der Waals surface area contributed by atoms with Gasteiger partial charge in [0.2, 0.25) is 23.6 Å². The van der Waals surface area contributed by atoms with Crippen molar-refractivity contribution in [3.8, 4) is 5.75 Å². The number of hydrogen-bond acceptors (Lipinski definition) is 31. The zero-order valence-corrected chi connectivity index (χ0v) is 56.1. The first-order valence-electron chi connectivity index (χ1n) is 33.2. The molecule has 17 unspecified atom stereocenters. The number of rotatable bonds is 32. The number of ether oxygens (including phenoxy) is 13. The lowest BCUT2D eigenvalue weighted by molar-refractivity contribution is -0.368. The van der Waals surface area contributed by atoms with Crippen molar-refractivity contribution in [2.24, 2.45) is 0 Å². The quantitative estimate of drug-likeness (QED) is 0.0235. The van der Waals surface area contributed by atoms with Gasteiger partial charge in [-0.2, -0.15) is 0 Å². The Kier molecular flexibility index (Phi) is 31.7. The summed E-state index contributed by atoms with van der Waals surface area (Å²) in [6.07, 6.45) is -32.0. The van der Waals surface area contributed by atoms with E-state index in [1.165, 1.54) is 39.0 Å². The van der Waals surface area contributed by atoms with E-state index in [1.54, 1.807) is 12.1 Å². The van der Waals surface area contributed by atoms with Crippen LogP contribution in [0.2, 0.25) is 0 Å². The van der Waals surface area contributed by atoms with Gasteiger partial charge in [0, 0.05) is 40.4 Å². The number of unbranched alkanes of at least 4 members (excludes halogenated alkanes) is 5. The smallest absolute Gasteiger partial charge is 0.251 e. The molecule has 0 saturated carbocycles. The summed E-state index contributed by atoms with van der Waals surface area (Å²) in [5.41, 5.74) is 0.0482. The fourth-order valence-electron chi connectivity index (χ4n) is 12.7. The van der Waals surface area contributed by atoms with Crippen molar-refractivity contribution < 1.29 is 152 Å². The van der Waals surface area contributed by atoms with Gasteiger partial charge in [-0.15, -0.1) is 0 Å². The van der Waals surface area contributed by atoms with E-state index in [9.17, 15) is 90.4 Å². The van der Waals surface area contributed by atoms with Crippen LogP contribution in [-0.4, -0.2) is 327 Å². The summed E-state index contributed by atoms with van der Waals surface area (Å²) < 4.78 is 77.9. The molecule has 564 valence electrons. The van der Waals surface area contributed by atoms with Gasteiger partial charge in [0.1, 0.15) is 146 Å². The molecule has 7 rings (SSSR count). The molecule has 0 bridgehead atoms. The SMILES string of the molecule is CCCCCC/C=C\CCCOc1cccc(C(=O)N[C@H]2C(O)[C@H](O)C(CO)O[C@H]2O[C@@H]2C(CO)OC(OC3C(CO)O[C@@H](O[C@@H]4C(CO)OC(OC5C(CO[C@@H]6OC(C)[C@@H](O)C(O)[C@H]6OC)OC(O)[C@@H](NC(C)=O)[C@H]5O)C(NC(C)=O)C4O)[C@@H](NC(C)=O)[C@H]3O)C(NC(C)=O)C2O)c1. The average Bonchev–Trinajstić information content (AvgIpc) is 0.772. The Morgan fingerprint density at radius 1 is 0.465 bits per heavy atom. The van der Waals surface area contributed by atoms with Gasteiger partial charge in [0.25, 0.3) is 5.91 Å². The summed E-state index contributed by atoms with van der Waals surface area (Å²) in [6, 6.07) is -2.45. The van der Waals surface area contributed by atoms with Crippen LogP contribution >= 0.6 is 0 Å². The predicted octanol–water partition coefficient (Wildman–Crippen LogP) is -6.72. The highest BCUT2D eigenvalue weighted by molar-refractivity contribution is 5.94. The predicted molar refractivity (Wildman–Crippen MR) is 333 cm³/mol. The van der Waals surface area contributed by atoms with Crippen LogP contribution in [-0.2, 0) is 76.0 Å². The summed E-state index contributed by atoms with van der Waals surface area (Å²) in [4.78, 5) is 65.1. The third kappa shape index (κ3) is 20.9. The van der Waals surface area contributed by atoms with Gasteiger partial charge in [-0.05, 0) is 50.8 Å². The summed E-state index contributed by atoms with van der Waals surface area (Å²) in [5.74, 6) is -3.67. The highest BCUT2D eigenvalue weighted by Crippen LogP contribution is 2.37. The van der Waals surface area contributed by atoms with Gasteiger partial charge in [-0.3, -0.25) is 24.0 Å². The normalized spacial score (nSPS) is 39.6. The Bertz CT molecular complexity index is 2730. The van der Waals surface area contributed by atoms with E-state index in [1.807, 2.05) is 0 Å². The second kappa shape index (κ2) is 38.6. The summed E-state index contributed by atoms with van der Waals surface area (Å²) in [5, 5.41) is 158. The number of methoxy groups -OCH3 is 1. The van der Waals surface area contributed by atoms with Crippen molar-refractivity contribution in [2.45, 2.75) is 270 Å². The van der Waals surface area contributed by atoms with E-state index < -0.39 is 246 Å². The van der Waals surface area contributed by atoms with Crippen molar-refractivity contribution in [2.75, 3.05) is 46.8 Å². The van der Waals surface area contributed by atoms with Gasteiger partial charge in [-0.25, -0.2) is 0 Å². The van der Waals surface area contributed by atoms with E-state index >= 15 is 0 Å². The fourth-order valence-corrected chi connectivity index (χ4v) is 12.7. The largest absolute Gasteiger partial charge is 0.494 e. The first-order chi connectivity index (χ1) is 47.2. The lowest BCUT2D eigenvalue weighted by atomic mass is 9.93. The molecule has 36 nitrogen and oxygen atoms in total. The van der Waals surface area contributed by atoms with E-state index in [0.717, 1.165) is 53.4 Å². The zero-order chi connectivity index (χ0) is 72.5. The maximum atomic E-state index is 14.0. The molecular formula is C63H101N5O31. The number of aliphatic hydroxyl groups is 13. The van der Waals surface area contributed by atoms with Gasteiger partial charge in [0.05, 0.1) is 45.7 Å². The molecule has 1 aromatic rings. The third-order valence-electron chi connectivity index (χ3n) is 17.8. The molecule has 30 atom stereocenters. The highest BCUT2D eigenvalue weighted by atomic mass is 16.8. The minimum atomic E-state index is -2.07. The molecule has 36 heteroatoms. The van der Waals surface area contributed by atoms with E-state index in [-0.39, 0.29) is 5.56 Å². The van der Waals surface area contributed by atoms with Crippen LogP contribution in [0.1, 0.15) is 96.8 Å². The van der Waals surface area contributed by atoms with Crippen molar-refractivity contribution >= 4 is 29.5 Å². The molecule has 0 aliphatic carbocycles. The van der Waals surface area contributed by atoms with Gasteiger partial charge < -0.3 is 155 Å². The Hall–Kier alpha value is -4.89. The van der Waals surface area contributed by atoms with Crippen LogP contribution in [0, 0.1) is 0 Å². The molecule has 6 saturated heterocycles. The van der Waals surface area contributed by atoms with E-state index in [2.05, 4.69) is 45.7 Å². The number of benzene rings is 1. The van der Waals surface area contributed by atoms with Crippen LogP contribution in [0.15, 0.2) is 36.4 Å². The Morgan fingerprint density at radius 2 is 0.899 bits per heavy atom. The third-order valence-corrected chi connectivity index (χ3v) is 17.8. The molecule has 6 aliphatic rings. The van der Waals surface area contributed by atoms with Gasteiger partial charge >= 0.3 is 0 Å². The molecule has 0 radical (unpaired) electrons. The molecule has 18 N–H and O–H groups in total. The fraction of sp³-hybridized carbons (Fsp3) is 0.794. The van der Waals surface area contributed by atoms with Crippen LogP contribution in [0.25, 0.3) is 0 Å². The number of amides is 5. The Morgan fingerprint density at radius 3 is 1.35 bits per heavy atom. The topological polar surface area (TPSA) is 528 Å². The lowest BCUT2D eigenvalue weighted by Crippen LogP contribution is -2.72. The molecule has 1 aromatic carbocycles. The standard InChI is InChI=1S/C63H101N5O31/c1-8-9-10-11-12-13-14-15-16-20-88-33-19-17-18-32(21-33)57(85)68-40-46(79)45(78)34(22-69)92-59(40)96-52-35(23-70)93-60(41(48(52)81)65-29(4)74)97-53-36(24-71)94-61(42(49(53)82)66-30(5)75)98-54-37(25-72)95-62(43(50(54)83)67-31(6)76)99-55-38(91-58(86)39(47(55)80)64-28(3)73)26-89-63-56(87-7)51(84)44(77)27(2)90-63/h13-14,17-19,21,27,34-56,58-63,69-72,77-84,86H,8-12,15-16,20,22-26H2,1-7H3,(H,64,73)(H,65,74)(H,66,75)(H,67,76)(H,68,85)/b14-13-/t27?,34?,35?,36?,37?,38?,39-,40-,41?,42-,43?,44+,45+,46?,47+,48?,49+,50?,51?,52+,53?,54+,55?,56+,58?,59-,60?,61-,62?,63+/m0/s1. The van der Waals surface area contributed by atoms with E-state index in [0.29, 0.717) is 18.8 Å². The summed E-state index contributed by atoms with van der Waals surface area (Å²) >= 11 is 0. The van der Waals surface area contributed by atoms with Crippen LogP contribution in [0.4, 0.5) is 0 Å². The van der Waals surface area contributed by atoms with Gasteiger partial charge in [0.15, 0.2) is 37.7 Å². The van der Waals surface area contributed by atoms with Crippen LogP contribution in [0.5, 0.6) is 5.75 Å². The highest BCUT2D eigenvalue weighted by Gasteiger charge is 2.58. The van der Waals surface area contributed by atoms with Crippen molar-refractivity contribution in [3.63, 3.8) is 0 Å². The second-order valence-corrected chi connectivity index (χ2v) is 25.3. The molecule has 6 aliphatic heterocycles. The Balaban J connectivity index is 1.07. The first-order valence-corrected chi connectivity index (χ1v) is 33.2. The van der Waals surface area contributed by atoms with Crippen molar-refractivity contribution in [3.05, 3.63) is 42.0 Å². The van der Waals surface area contributed by atoms with Crippen molar-refractivity contribution in [1.29, 1.82) is 0 Å². The maximum Gasteiger partial charge on any atom is 0.251 e. The molecule has 5 amide bonds. The molecule has 0 spiro atoms. The summed E-state index contributed by atoms with van der Waals surface area (Å²) in [6.45, 7) is 3.52. The molecule has 99 heavy (non-hydrogen) atoms. The number of aliphatic hydroxyl groups excluding tert-OH is 13. The lowest BCUT2D eigenvalue weighted by Gasteiger charge is -2.51. The number of carbonyl (C=O) groups is 5. The maximum absolute atomic E-state index is 14.0. The van der Waals surface area contributed by atoms with Gasteiger partial charge in [-0.1, -0.05) is 44.4 Å². The molecule has 6 heterocycles. The van der Waals surface area contributed by atoms with Crippen LogP contribution < -0.4 is 31.3 Å². The minimum absolute atomic E-state index is 0.0482. The molecule has 6 fully saturated rings. The number of carbonyl (C=O) groups excluding carboxylic acids is 5. The Labute approximate surface area is 571 Å². The zero-order valence-electron chi connectivity index (χ0n) is 56.1. The number of nitrogens with one attached hydrogen (secondary N) is 5. The molecule has 0 aromatic heterocycles. The monoisotopic (exact) mass is 1420 g/mol. The van der Waals surface area contributed by atoms with Crippen molar-refractivity contribution in [1.82, 2.24) is 26.6 Å².